The molecule has 10 nitrogen and oxygen atoms in total. The van der Waals surface area contributed by atoms with Gasteiger partial charge in [-0.2, -0.15) is 4.31 Å². The van der Waals surface area contributed by atoms with E-state index in [1.807, 2.05) is 0 Å². The van der Waals surface area contributed by atoms with Crippen LogP contribution in [-0.2, 0) is 24.8 Å². The molecule has 1 heterocycles. The molecular weight excluding hydrogens is 460 g/mol. The van der Waals surface area contributed by atoms with E-state index in [0.29, 0.717) is 43.6 Å². The Hall–Kier alpha value is -2.38. The lowest BCUT2D eigenvalue weighted by Gasteiger charge is -2.26. The lowest BCUT2D eigenvalue weighted by molar-refractivity contribution is 0.0730. The molecule has 0 saturated carbocycles. The van der Waals surface area contributed by atoms with Crippen LogP contribution in [0, 0.1) is 0 Å². The molecule has 32 heavy (non-hydrogen) atoms. The van der Waals surface area contributed by atoms with Crippen LogP contribution in [0.1, 0.15) is 0 Å². The molecule has 0 spiro atoms. The molecular formula is C20H26N2O8S2. The summed E-state index contributed by atoms with van der Waals surface area (Å²) in [6, 6.07) is 10.3. The zero-order valence-corrected chi connectivity index (χ0v) is 19.4. The van der Waals surface area contributed by atoms with Crippen LogP contribution in [-0.4, -0.2) is 74.8 Å². The van der Waals surface area contributed by atoms with Gasteiger partial charge in [0.1, 0.15) is 12.4 Å². The van der Waals surface area contributed by atoms with E-state index in [0.717, 1.165) is 0 Å². The van der Waals surface area contributed by atoms with Crippen LogP contribution < -0.4 is 18.9 Å². The van der Waals surface area contributed by atoms with Gasteiger partial charge in [0.2, 0.25) is 20.0 Å². The standard InChI is InChI=1S/C20H26N2O8S2/c1-27-19-8-7-18(15-20(19)28-2)31(23,24)21-9-12-30-16-3-5-17(6-4-16)32(25,26)22-10-13-29-14-11-22/h3-8,15,21H,9-14H2,1-2H3. The maximum atomic E-state index is 12.6. The fourth-order valence-electron chi connectivity index (χ4n) is 3.06. The minimum Gasteiger partial charge on any atom is -0.493 e. The molecule has 0 atom stereocenters. The fraction of sp³-hybridized carbons (Fsp3) is 0.400. The van der Waals surface area contributed by atoms with Crippen LogP contribution in [0.5, 0.6) is 17.2 Å². The van der Waals surface area contributed by atoms with Gasteiger partial charge >= 0.3 is 0 Å². The lowest BCUT2D eigenvalue weighted by atomic mass is 10.3. The summed E-state index contributed by atoms with van der Waals surface area (Å²) in [5.74, 6) is 1.16. The van der Waals surface area contributed by atoms with Crippen molar-refractivity contribution in [1.29, 1.82) is 0 Å². The monoisotopic (exact) mass is 486 g/mol. The van der Waals surface area contributed by atoms with Crippen LogP contribution in [0.2, 0.25) is 0 Å². The maximum Gasteiger partial charge on any atom is 0.243 e. The van der Waals surface area contributed by atoms with Gasteiger partial charge in [0, 0.05) is 25.7 Å². The molecule has 1 aliphatic heterocycles. The number of nitrogens with one attached hydrogen (secondary N) is 1. The number of hydrogen-bond donors (Lipinski definition) is 1. The Morgan fingerprint density at radius 1 is 0.906 bits per heavy atom. The second-order valence-corrected chi connectivity index (χ2v) is 10.5. The molecule has 0 unspecified atom stereocenters. The second kappa shape index (κ2) is 10.5. The number of benzene rings is 2. The number of ether oxygens (including phenoxy) is 4. The Morgan fingerprint density at radius 3 is 2.16 bits per heavy atom. The van der Waals surface area contributed by atoms with E-state index >= 15 is 0 Å². The third-order valence-corrected chi connectivity index (χ3v) is 8.13. The Balaban J connectivity index is 1.54. The van der Waals surface area contributed by atoms with E-state index in [1.54, 1.807) is 0 Å². The molecule has 3 rings (SSSR count). The van der Waals surface area contributed by atoms with Crippen molar-refractivity contribution in [3.8, 4) is 17.2 Å². The molecule has 1 N–H and O–H groups in total. The Bertz CT molecular complexity index is 1110. The molecule has 1 saturated heterocycles. The summed E-state index contributed by atoms with van der Waals surface area (Å²) in [5, 5.41) is 0. The van der Waals surface area contributed by atoms with E-state index < -0.39 is 20.0 Å². The first-order valence-corrected chi connectivity index (χ1v) is 12.7. The highest BCUT2D eigenvalue weighted by Crippen LogP contribution is 2.29. The summed E-state index contributed by atoms with van der Waals surface area (Å²) >= 11 is 0. The fourth-order valence-corrected chi connectivity index (χ4v) is 5.49. The van der Waals surface area contributed by atoms with Gasteiger partial charge in [-0.15, -0.1) is 0 Å². The highest BCUT2D eigenvalue weighted by atomic mass is 32.2. The van der Waals surface area contributed by atoms with Crippen molar-refractivity contribution < 1.29 is 35.8 Å². The normalized spacial score (nSPS) is 15.3. The van der Waals surface area contributed by atoms with Crippen molar-refractivity contribution in [3.63, 3.8) is 0 Å². The van der Waals surface area contributed by atoms with Gasteiger partial charge in [-0.05, 0) is 36.4 Å². The summed E-state index contributed by atoms with van der Waals surface area (Å²) in [7, 11) is -4.46. The minimum absolute atomic E-state index is 0.0184. The van der Waals surface area contributed by atoms with Gasteiger partial charge in [-0.3, -0.25) is 0 Å². The quantitative estimate of drug-likeness (QED) is 0.496. The van der Waals surface area contributed by atoms with Crippen molar-refractivity contribution in [2.24, 2.45) is 0 Å². The first-order chi connectivity index (χ1) is 15.3. The molecule has 0 aromatic heterocycles. The molecule has 1 aliphatic rings. The van der Waals surface area contributed by atoms with E-state index in [2.05, 4.69) is 4.72 Å². The average Bonchev–Trinajstić information content (AvgIpc) is 2.82. The number of morpholine rings is 1. The Labute approximate surface area is 188 Å². The Morgan fingerprint density at radius 2 is 1.53 bits per heavy atom. The summed E-state index contributed by atoms with van der Waals surface area (Å²) in [6.07, 6.45) is 0. The molecule has 2 aromatic rings. The van der Waals surface area contributed by atoms with Crippen LogP contribution in [0.3, 0.4) is 0 Å². The van der Waals surface area contributed by atoms with E-state index in [-0.39, 0.29) is 22.9 Å². The highest BCUT2D eigenvalue weighted by molar-refractivity contribution is 7.89. The number of nitrogens with zero attached hydrogens (tertiary/aromatic N) is 1. The van der Waals surface area contributed by atoms with Gasteiger partial charge in [0.25, 0.3) is 0 Å². The number of hydrogen-bond acceptors (Lipinski definition) is 8. The number of methoxy groups -OCH3 is 2. The number of sulfonamides is 2. The van der Waals surface area contributed by atoms with Crippen molar-refractivity contribution in [2.75, 3.05) is 53.7 Å². The van der Waals surface area contributed by atoms with Crippen molar-refractivity contribution >= 4 is 20.0 Å². The van der Waals surface area contributed by atoms with Gasteiger partial charge in [-0.1, -0.05) is 0 Å². The van der Waals surface area contributed by atoms with Gasteiger partial charge in [0.15, 0.2) is 11.5 Å². The van der Waals surface area contributed by atoms with E-state index in [4.69, 9.17) is 18.9 Å². The maximum absolute atomic E-state index is 12.6. The molecule has 0 bridgehead atoms. The lowest BCUT2D eigenvalue weighted by Crippen LogP contribution is -2.40. The van der Waals surface area contributed by atoms with Crippen LogP contribution in [0.15, 0.2) is 52.3 Å². The molecule has 2 aromatic carbocycles. The Kier molecular flexibility index (Phi) is 7.96. The zero-order chi connectivity index (χ0) is 23.2. The van der Waals surface area contributed by atoms with Gasteiger partial charge in [0.05, 0.1) is 37.2 Å². The van der Waals surface area contributed by atoms with Gasteiger partial charge < -0.3 is 18.9 Å². The average molecular weight is 487 g/mol. The van der Waals surface area contributed by atoms with Gasteiger partial charge in [-0.25, -0.2) is 21.6 Å². The first kappa shape index (κ1) is 24.3. The third kappa shape index (κ3) is 5.70. The third-order valence-electron chi connectivity index (χ3n) is 4.76. The topological polar surface area (TPSA) is 120 Å². The molecule has 0 aliphatic carbocycles. The smallest absolute Gasteiger partial charge is 0.243 e. The molecule has 12 heteroatoms. The summed E-state index contributed by atoms with van der Waals surface area (Å²) < 4.78 is 75.0. The van der Waals surface area contributed by atoms with Crippen LogP contribution in [0.25, 0.3) is 0 Å². The largest absolute Gasteiger partial charge is 0.493 e. The van der Waals surface area contributed by atoms with Crippen molar-refractivity contribution in [2.45, 2.75) is 9.79 Å². The SMILES string of the molecule is COc1ccc(S(=O)(=O)NCCOc2ccc(S(=O)(=O)N3CCOCC3)cc2)cc1OC. The van der Waals surface area contributed by atoms with Crippen LogP contribution in [0.4, 0.5) is 0 Å². The second-order valence-electron chi connectivity index (χ2n) is 6.75. The molecule has 0 radical (unpaired) electrons. The summed E-state index contributed by atoms with van der Waals surface area (Å²) in [4.78, 5) is 0.203. The van der Waals surface area contributed by atoms with Crippen molar-refractivity contribution in [3.05, 3.63) is 42.5 Å². The molecule has 0 amide bonds. The zero-order valence-electron chi connectivity index (χ0n) is 17.8. The predicted molar refractivity (Wildman–Crippen MR) is 116 cm³/mol. The summed E-state index contributed by atoms with van der Waals surface area (Å²) in [6.45, 7) is 1.47. The minimum atomic E-state index is -3.77. The number of rotatable bonds is 10. The van der Waals surface area contributed by atoms with E-state index in [9.17, 15) is 16.8 Å². The summed E-state index contributed by atoms with van der Waals surface area (Å²) in [5.41, 5.74) is 0. The highest BCUT2D eigenvalue weighted by Gasteiger charge is 2.26. The molecule has 176 valence electrons. The first-order valence-electron chi connectivity index (χ1n) is 9.80. The van der Waals surface area contributed by atoms with E-state index in [1.165, 1.54) is 61.0 Å². The molecule has 1 fully saturated rings. The van der Waals surface area contributed by atoms with Crippen molar-refractivity contribution in [1.82, 2.24) is 9.03 Å². The predicted octanol–water partition coefficient (Wildman–Crippen LogP) is 1.08. The van der Waals surface area contributed by atoms with Crippen LogP contribution >= 0.6 is 0 Å².